The molecule has 10 nitrogen and oxygen atoms in total. The van der Waals surface area contributed by atoms with E-state index in [0.717, 1.165) is 16.7 Å². The van der Waals surface area contributed by atoms with Gasteiger partial charge in [-0.15, -0.1) is 0 Å². The Labute approximate surface area is 199 Å². The Morgan fingerprint density at radius 2 is 1.71 bits per heavy atom. The minimum absolute atomic E-state index is 0.00601. The van der Waals surface area contributed by atoms with Crippen LogP contribution in [-0.2, 0) is 16.1 Å². The van der Waals surface area contributed by atoms with Crippen LogP contribution in [0.15, 0.2) is 48.5 Å². The van der Waals surface area contributed by atoms with Gasteiger partial charge >= 0.3 is 6.09 Å². The first kappa shape index (κ1) is 23.4. The molecule has 2 aromatic rings. The standard InChI is InChI=1S/C23H21N3O7S/c1-14(27)34-18-10-17(11-25-21(28)19-4-2-3-5-20(19)22(25)29)24(12-18)23(30)33-13-15-6-8-16(9-7-15)26(31)32/h2-9,17-18H,10-13H2,1H3/t17-,18-/m0/s1. The number of non-ortho nitro benzene ring substituents is 1. The summed E-state index contributed by atoms with van der Waals surface area (Å²) in [7, 11) is 0. The number of nitrogens with zero attached hydrogens (tertiary/aromatic N) is 3. The van der Waals surface area contributed by atoms with Crippen molar-refractivity contribution in [1.29, 1.82) is 0 Å². The smallest absolute Gasteiger partial charge is 0.410 e. The summed E-state index contributed by atoms with van der Waals surface area (Å²) in [5, 5.41) is 10.5. The van der Waals surface area contributed by atoms with Crippen molar-refractivity contribution >= 4 is 40.5 Å². The largest absolute Gasteiger partial charge is 0.445 e. The Kier molecular flexibility index (Phi) is 6.64. The van der Waals surface area contributed by atoms with Gasteiger partial charge in [0.25, 0.3) is 17.5 Å². The third-order valence-electron chi connectivity index (χ3n) is 5.72. The summed E-state index contributed by atoms with van der Waals surface area (Å²) in [5.41, 5.74) is 1.16. The highest BCUT2D eigenvalue weighted by atomic mass is 32.2. The lowest BCUT2D eigenvalue weighted by Crippen LogP contribution is -2.45. The van der Waals surface area contributed by atoms with E-state index >= 15 is 0 Å². The average Bonchev–Trinajstić information content (AvgIpc) is 3.31. The van der Waals surface area contributed by atoms with Crippen LogP contribution in [0.1, 0.15) is 39.6 Å². The molecule has 3 amide bonds. The summed E-state index contributed by atoms with van der Waals surface area (Å²) in [4.78, 5) is 62.9. The second kappa shape index (κ2) is 9.64. The van der Waals surface area contributed by atoms with Gasteiger partial charge in [-0.1, -0.05) is 23.9 Å². The molecular formula is C23H21N3O7S. The predicted octanol–water partition coefficient (Wildman–Crippen LogP) is 3.25. The normalized spacial score (nSPS) is 19.3. The number of ether oxygens (including phenoxy) is 1. The van der Waals surface area contributed by atoms with Crippen molar-refractivity contribution in [2.24, 2.45) is 0 Å². The number of rotatable bonds is 6. The van der Waals surface area contributed by atoms with Crippen LogP contribution in [-0.4, -0.2) is 62.1 Å². The Bertz CT molecular complexity index is 1130. The number of likely N-dealkylation sites (tertiary alicyclic amines) is 1. The van der Waals surface area contributed by atoms with Gasteiger partial charge in [0.05, 0.1) is 22.1 Å². The van der Waals surface area contributed by atoms with Crippen LogP contribution >= 0.6 is 11.8 Å². The summed E-state index contributed by atoms with van der Waals surface area (Å²) in [6.07, 6.45) is -0.226. The van der Waals surface area contributed by atoms with Crippen molar-refractivity contribution in [2.45, 2.75) is 31.2 Å². The number of fused-ring (bicyclic) bond motifs is 1. The molecule has 0 aromatic heterocycles. The number of hydrogen-bond donors (Lipinski definition) is 0. The number of thioether (sulfide) groups is 1. The monoisotopic (exact) mass is 483 g/mol. The number of nitro benzene ring substituents is 1. The first-order chi connectivity index (χ1) is 16.2. The molecule has 1 saturated heterocycles. The van der Waals surface area contributed by atoms with Crippen LogP contribution in [0.5, 0.6) is 0 Å². The molecule has 0 saturated carbocycles. The summed E-state index contributed by atoms with van der Waals surface area (Å²) >= 11 is 1.11. The molecule has 11 heteroatoms. The molecule has 0 unspecified atom stereocenters. The molecule has 1 fully saturated rings. The van der Waals surface area contributed by atoms with Gasteiger partial charge in [0.1, 0.15) is 6.61 Å². The van der Waals surface area contributed by atoms with Crippen molar-refractivity contribution in [1.82, 2.24) is 9.80 Å². The fraction of sp³-hybridized carbons (Fsp3) is 0.304. The van der Waals surface area contributed by atoms with Crippen molar-refractivity contribution in [2.75, 3.05) is 13.1 Å². The fourth-order valence-electron chi connectivity index (χ4n) is 4.15. The van der Waals surface area contributed by atoms with E-state index in [1.54, 1.807) is 24.3 Å². The molecular weight excluding hydrogens is 462 g/mol. The van der Waals surface area contributed by atoms with Crippen molar-refractivity contribution in [3.63, 3.8) is 0 Å². The second-order valence-corrected chi connectivity index (χ2v) is 9.50. The molecule has 2 atom stereocenters. The van der Waals surface area contributed by atoms with E-state index in [1.807, 2.05) is 0 Å². The molecule has 0 N–H and O–H groups in total. The first-order valence-corrected chi connectivity index (χ1v) is 11.4. The predicted molar refractivity (Wildman–Crippen MR) is 122 cm³/mol. The van der Waals surface area contributed by atoms with Crippen LogP contribution in [0.2, 0.25) is 0 Å². The van der Waals surface area contributed by atoms with Crippen LogP contribution in [0.25, 0.3) is 0 Å². The number of carbonyl (C=O) groups excluding carboxylic acids is 4. The summed E-state index contributed by atoms with van der Waals surface area (Å²) in [5.74, 6) is -0.829. The highest BCUT2D eigenvalue weighted by molar-refractivity contribution is 8.14. The highest BCUT2D eigenvalue weighted by Crippen LogP contribution is 2.31. The highest BCUT2D eigenvalue weighted by Gasteiger charge is 2.42. The number of imide groups is 1. The molecule has 0 aliphatic carbocycles. The lowest BCUT2D eigenvalue weighted by Gasteiger charge is -2.27. The zero-order valence-electron chi connectivity index (χ0n) is 18.2. The maximum absolute atomic E-state index is 12.9. The number of benzene rings is 2. The molecule has 2 aliphatic rings. The van der Waals surface area contributed by atoms with Gasteiger partial charge in [-0.25, -0.2) is 4.79 Å². The lowest BCUT2D eigenvalue weighted by atomic mass is 10.1. The van der Waals surface area contributed by atoms with E-state index in [4.69, 9.17) is 4.74 Å². The number of nitro groups is 1. The van der Waals surface area contributed by atoms with Gasteiger partial charge < -0.3 is 9.64 Å². The maximum atomic E-state index is 12.9. The Balaban J connectivity index is 1.46. The molecule has 34 heavy (non-hydrogen) atoms. The van der Waals surface area contributed by atoms with E-state index in [-0.39, 0.29) is 35.7 Å². The Morgan fingerprint density at radius 1 is 1.09 bits per heavy atom. The topological polar surface area (TPSA) is 127 Å². The fourth-order valence-corrected chi connectivity index (χ4v) is 5.17. The van der Waals surface area contributed by atoms with Crippen LogP contribution in [0.3, 0.4) is 0 Å². The first-order valence-electron chi connectivity index (χ1n) is 10.5. The third kappa shape index (κ3) is 4.79. The van der Waals surface area contributed by atoms with Gasteiger partial charge in [-0.2, -0.15) is 0 Å². The van der Waals surface area contributed by atoms with E-state index in [1.165, 1.54) is 36.1 Å². The lowest BCUT2D eigenvalue weighted by molar-refractivity contribution is -0.384. The molecule has 2 aliphatic heterocycles. The third-order valence-corrected chi connectivity index (χ3v) is 6.73. The molecule has 2 aromatic carbocycles. The van der Waals surface area contributed by atoms with Gasteiger partial charge in [-0.3, -0.25) is 29.4 Å². The second-order valence-electron chi connectivity index (χ2n) is 8.02. The minimum Gasteiger partial charge on any atom is -0.445 e. The van der Waals surface area contributed by atoms with E-state index in [9.17, 15) is 29.3 Å². The Hall–Kier alpha value is -3.73. The van der Waals surface area contributed by atoms with E-state index in [2.05, 4.69) is 0 Å². The Morgan fingerprint density at radius 3 is 2.26 bits per heavy atom. The van der Waals surface area contributed by atoms with Crippen molar-refractivity contribution in [3.8, 4) is 0 Å². The van der Waals surface area contributed by atoms with E-state index in [0.29, 0.717) is 23.1 Å². The van der Waals surface area contributed by atoms with Gasteiger partial charge in [0.15, 0.2) is 5.12 Å². The summed E-state index contributed by atoms with van der Waals surface area (Å²) in [6, 6.07) is 11.7. The SMILES string of the molecule is CC(=O)S[C@H]1C[C@@H](CN2C(=O)c3ccccc3C2=O)N(C(=O)OCc2ccc([N+](=O)[O-])cc2)C1. The number of amides is 3. The number of carbonyl (C=O) groups is 4. The van der Waals surface area contributed by atoms with E-state index < -0.39 is 28.9 Å². The molecule has 176 valence electrons. The molecule has 0 bridgehead atoms. The summed E-state index contributed by atoms with van der Waals surface area (Å²) in [6.45, 7) is 1.57. The van der Waals surface area contributed by atoms with Gasteiger partial charge in [-0.05, 0) is 36.2 Å². The molecule has 4 rings (SSSR count). The van der Waals surface area contributed by atoms with Crippen molar-refractivity contribution < 1.29 is 28.8 Å². The maximum Gasteiger partial charge on any atom is 0.410 e. The van der Waals surface area contributed by atoms with Crippen LogP contribution in [0, 0.1) is 10.1 Å². The minimum atomic E-state index is -0.647. The molecule has 0 spiro atoms. The average molecular weight is 484 g/mol. The zero-order valence-corrected chi connectivity index (χ0v) is 19.0. The van der Waals surface area contributed by atoms with Gasteiger partial charge in [0, 0.05) is 37.4 Å². The van der Waals surface area contributed by atoms with Crippen LogP contribution < -0.4 is 0 Å². The van der Waals surface area contributed by atoms with Crippen LogP contribution in [0.4, 0.5) is 10.5 Å². The number of hydrogen-bond acceptors (Lipinski definition) is 8. The van der Waals surface area contributed by atoms with Crippen molar-refractivity contribution in [3.05, 3.63) is 75.3 Å². The molecule has 2 heterocycles. The van der Waals surface area contributed by atoms with Gasteiger partial charge in [0.2, 0.25) is 0 Å². The quantitative estimate of drug-likeness (QED) is 0.348. The summed E-state index contributed by atoms with van der Waals surface area (Å²) < 4.78 is 5.41. The zero-order chi connectivity index (χ0) is 24.4. The molecule has 0 radical (unpaired) electrons.